The third kappa shape index (κ3) is 5.58. The highest BCUT2D eigenvalue weighted by Crippen LogP contribution is 2.41. The number of nitrogens with zero attached hydrogens (tertiary/aromatic N) is 2. The largest absolute Gasteiger partial charge is 0.490 e. The molecule has 0 saturated carbocycles. The number of aromatic nitrogens is 1. The molecule has 1 amide bonds. The number of benzene rings is 3. The van der Waals surface area contributed by atoms with Crippen molar-refractivity contribution in [3.63, 3.8) is 0 Å². The second-order valence-corrected chi connectivity index (χ2v) is 10.6. The first-order chi connectivity index (χ1) is 18.0. The average molecular weight is 508 g/mol. The van der Waals surface area contributed by atoms with Crippen molar-refractivity contribution in [2.24, 2.45) is 0 Å². The Morgan fingerprint density at radius 1 is 1.16 bits per heavy atom. The van der Waals surface area contributed by atoms with Crippen LogP contribution in [0.5, 0.6) is 5.75 Å². The molecule has 1 unspecified atom stereocenters. The van der Waals surface area contributed by atoms with Crippen molar-refractivity contribution in [3.05, 3.63) is 95.2 Å². The molecule has 0 fully saturated rings. The molecule has 1 atom stereocenters. The van der Waals surface area contributed by atoms with E-state index in [1.165, 1.54) is 16.7 Å². The van der Waals surface area contributed by atoms with Crippen molar-refractivity contribution in [3.8, 4) is 32.8 Å². The van der Waals surface area contributed by atoms with Crippen LogP contribution in [0.15, 0.2) is 72.9 Å². The maximum Gasteiger partial charge on any atom is 0.224 e. The minimum absolute atomic E-state index is 0.00518. The predicted molar refractivity (Wildman–Crippen MR) is 148 cm³/mol. The van der Waals surface area contributed by atoms with Gasteiger partial charge in [-0.25, -0.2) is 4.98 Å². The van der Waals surface area contributed by atoms with E-state index in [9.17, 15) is 10.1 Å². The summed E-state index contributed by atoms with van der Waals surface area (Å²) in [6, 6.07) is 24.2. The number of fused-ring (bicyclic) bond motifs is 1. The van der Waals surface area contributed by atoms with Crippen LogP contribution >= 0.6 is 11.3 Å². The Morgan fingerprint density at radius 3 is 2.78 bits per heavy atom. The van der Waals surface area contributed by atoms with Crippen LogP contribution in [0.2, 0.25) is 0 Å². The normalized spacial score (nSPS) is 14.3. The minimum Gasteiger partial charge on any atom is -0.490 e. The van der Waals surface area contributed by atoms with Crippen LogP contribution in [-0.2, 0) is 17.6 Å². The molecule has 5 nitrogen and oxygen atoms in total. The molecule has 0 bridgehead atoms. The van der Waals surface area contributed by atoms with Crippen LogP contribution in [0.4, 0.5) is 0 Å². The van der Waals surface area contributed by atoms with Crippen molar-refractivity contribution in [1.29, 1.82) is 5.26 Å². The zero-order valence-electron chi connectivity index (χ0n) is 21.0. The van der Waals surface area contributed by atoms with Crippen LogP contribution < -0.4 is 10.1 Å². The number of nitriles is 1. The van der Waals surface area contributed by atoms with Crippen LogP contribution in [0.1, 0.15) is 48.4 Å². The highest BCUT2D eigenvalue weighted by Gasteiger charge is 2.26. The van der Waals surface area contributed by atoms with Gasteiger partial charge in [0, 0.05) is 24.2 Å². The van der Waals surface area contributed by atoms with Gasteiger partial charge >= 0.3 is 0 Å². The zero-order valence-corrected chi connectivity index (χ0v) is 21.8. The molecule has 6 heteroatoms. The smallest absolute Gasteiger partial charge is 0.224 e. The Kier molecular flexibility index (Phi) is 7.34. The summed E-state index contributed by atoms with van der Waals surface area (Å²) in [5.41, 5.74) is 6.32. The van der Waals surface area contributed by atoms with Gasteiger partial charge in [-0.3, -0.25) is 4.79 Å². The zero-order chi connectivity index (χ0) is 25.8. The summed E-state index contributed by atoms with van der Waals surface area (Å²) >= 11 is 1.63. The molecule has 0 saturated heterocycles. The van der Waals surface area contributed by atoms with Gasteiger partial charge < -0.3 is 10.1 Å². The molecule has 4 aromatic rings. The lowest BCUT2D eigenvalue weighted by molar-refractivity contribution is -0.120. The molecule has 3 aromatic carbocycles. The first-order valence-electron chi connectivity index (χ1n) is 12.6. The van der Waals surface area contributed by atoms with Crippen molar-refractivity contribution < 1.29 is 9.53 Å². The fourth-order valence-corrected chi connectivity index (χ4v) is 5.87. The molecule has 5 rings (SSSR count). The minimum atomic E-state index is 0.00518. The van der Waals surface area contributed by atoms with Gasteiger partial charge in [0.1, 0.15) is 16.8 Å². The van der Waals surface area contributed by atoms with E-state index in [1.54, 1.807) is 11.3 Å². The Hall–Kier alpha value is -3.95. The molecular formula is C31H29N3O2S. The summed E-state index contributed by atoms with van der Waals surface area (Å²) in [6.07, 6.45) is 4.34. The highest BCUT2D eigenvalue weighted by molar-refractivity contribution is 7.18. The number of ether oxygens (including phenoxy) is 1. The van der Waals surface area contributed by atoms with Crippen molar-refractivity contribution in [2.75, 3.05) is 6.54 Å². The van der Waals surface area contributed by atoms with Gasteiger partial charge in [0.25, 0.3) is 0 Å². The van der Waals surface area contributed by atoms with Crippen molar-refractivity contribution >= 4 is 17.2 Å². The quantitative estimate of drug-likeness (QED) is 0.294. The number of carbonyl (C=O) groups excluding carboxylic acids is 1. The molecule has 1 heterocycles. The number of rotatable bonds is 8. The third-order valence-corrected chi connectivity index (χ3v) is 7.71. The Bertz CT molecular complexity index is 1450. The number of carbonyl (C=O) groups is 1. The number of nitrogens with one attached hydrogen (secondary N) is 1. The maximum absolute atomic E-state index is 12.5. The van der Waals surface area contributed by atoms with Crippen molar-refractivity contribution in [1.82, 2.24) is 10.3 Å². The summed E-state index contributed by atoms with van der Waals surface area (Å²) in [5, 5.41) is 13.6. The molecule has 186 valence electrons. The van der Waals surface area contributed by atoms with E-state index in [4.69, 9.17) is 4.74 Å². The third-order valence-electron chi connectivity index (χ3n) is 6.63. The number of hydrogen-bond acceptors (Lipinski definition) is 5. The fourth-order valence-electron chi connectivity index (χ4n) is 4.90. The monoisotopic (exact) mass is 507 g/mol. The van der Waals surface area contributed by atoms with Crippen molar-refractivity contribution in [2.45, 2.75) is 45.1 Å². The molecule has 0 aliphatic heterocycles. The van der Waals surface area contributed by atoms with Gasteiger partial charge in [-0.05, 0) is 67.1 Å². The standard InChI is InChI=1S/C31H29N3O2S/c1-20(2)36-28-14-12-22(16-24(28)17-32)31-34-19-29(37-31)27-10-6-9-25-23(11-13-26(25)27)18-33-30(35)15-21-7-4-3-5-8-21/h3-10,12,14,16,19-20,23H,11,13,15,18H2,1-2H3,(H,33,35). The second-order valence-electron chi connectivity index (χ2n) is 9.59. The lowest BCUT2D eigenvalue weighted by Gasteiger charge is -2.14. The topological polar surface area (TPSA) is 75.0 Å². The number of thiazole rings is 1. The molecule has 37 heavy (non-hydrogen) atoms. The summed E-state index contributed by atoms with van der Waals surface area (Å²) in [6.45, 7) is 4.55. The van der Waals surface area contributed by atoms with E-state index >= 15 is 0 Å². The van der Waals surface area contributed by atoms with E-state index in [-0.39, 0.29) is 12.0 Å². The van der Waals surface area contributed by atoms with Gasteiger partial charge in [0.2, 0.25) is 5.91 Å². The van der Waals surface area contributed by atoms with E-state index in [0.717, 1.165) is 33.9 Å². The molecule has 1 aliphatic carbocycles. The number of hydrogen-bond donors (Lipinski definition) is 1. The highest BCUT2D eigenvalue weighted by atomic mass is 32.1. The molecule has 1 N–H and O–H groups in total. The van der Waals surface area contributed by atoms with Crippen LogP contribution in [0, 0.1) is 11.3 Å². The molecule has 1 aromatic heterocycles. The Morgan fingerprint density at radius 2 is 2.00 bits per heavy atom. The Balaban J connectivity index is 1.31. The van der Waals surface area contributed by atoms with Crippen LogP contribution in [-0.4, -0.2) is 23.5 Å². The lowest BCUT2D eigenvalue weighted by atomic mass is 9.98. The SMILES string of the molecule is CC(C)Oc1ccc(-c2ncc(-c3cccc4c3CCC4CNC(=O)Cc3ccccc3)s2)cc1C#N. The summed E-state index contributed by atoms with van der Waals surface area (Å²) in [4.78, 5) is 18.3. The average Bonchev–Trinajstić information content (AvgIpc) is 3.56. The molecular weight excluding hydrogens is 478 g/mol. The first kappa shape index (κ1) is 24.7. The number of amides is 1. The predicted octanol–water partition coefficient (Wildman–Crippen LogP) is 6.52. The summed E-state index contributed by atoms with van der Waals surface area (Å²) < 4.78 is 5.76. The van der Waals surface area contributed by atoms with Gasteiger partial charge in [-0.2, -0.15) is 5.26 Å². The maximum atomic E-state index is 12.5. The van der Waals surface area contributed by atoms with Gasteiger partial charge in [-0.1, -0.05) is 48.5 Å². The van der Waals surface area contributed by atoms with Gasteiger partial charge in [0.05, 0.1) is 23.0 Å². The first-order valence-corrected chi connectivity index (χ1v) is 13.4. The lowest BCUT2D eigenvalue weighted by Crippen LogP contribution is -2.29. The van der Waals surface area contributed by atoms with Gasteiger partial charge in [0.15, 0.2) is 0 Å². The van der Waals surface area contributed by atoms with Crippen LogP contribution in [0.25, 0.3) is 21.0 Å². The van der Waals surface area contributed by atoms with E-state index < -0.39 is 0 Å². The van der Waals surface area contributed by atoms with E-state index in [0.29, 0.717) is 30.2 Å². The van der Waals surface area contributed by atoms with E-state index in [1.807, 2.05) is 68.6 Å². The summed E-state index contributed by atoms with van der Waals surface area (Å²) in [5.74, 6) is 0.971. The van der Waals surface area contributed by atoms with E-state index in [2.05, 4.69) is 34.6 Å². The fraction of sp³-hybridized carbons (Fsp3) is 0.258. The van der Waals surface area contributed by atoms with Crippen LogP contribution in [0.3, 0.4) is 0 Å². The molecule has 0 spiro atoms. The Labute approximate surface area is 221 Å². The molecule has 1 aliphatic rings. The molecule has 0 radical (unpaired) electrons. The van der Waals surface area contributed by atoms with Gasteiger partial charge in [-0.15, -0.1) is 11.3 Å². The second kappa shape index (κ2) is 11.0. The summed E-state index contributed by atoms with van der Waals surface area (Å²) in [7, 11) is 0.